The largest absolute Gasteiger partial charge is 0.347 e. The summed E-state index contributed by atoms with van der Waals surface area (Å²) in [5.74, 6) is 1.22. The van der Waals surface area contributed by atoms with E-state index < -0.39 is 0 Å². The van der Waals surface area contributed by atoms with Crippen molar-refractivity contribution in [2.24, 2.45) is 5.92 Å². The SMILES string of the molecule is CC(C)C(NC1CCCCC1)c1nc(-c2ccc(F)cc2)c[nH]1. The Labute approximate surface area is 137 Å². The average molecular weight is 315 g/mol. The number of rotatable bonds is 5. The molecule has 1 unspecified atom stereocenters. The summed E-state index contributed by atoms with van der Waals surface area (Å²) in [6.45, 7) is 4.45. The Morgan fingerprint density at radius 2 is 1.83 bits per heavy atom. The van der Waals surface area contributed by atoms with E-state index in [0.29, 0.717) is 12.0 Å². The number of aromatic nitrogens is 2. The molecule has 1 aromatic carbocycles. The molecule has 1 fully saturated rings. The third-order valence-corrected chi connectivity index (χ3v) is 4.72. The van der Waals surface area contributed by atoms with Gasteiger partial charge in [0, 0.05) is 17.8 Å². The second-order valence-electron chi connectivity index (χ2n) is 6.90. The van der Waals surface area contributed by atoms with Gasteiger partial charge in [-0.3, -0.25) is 0 Å². The molecule has 4 heteroatoms. The van der Waals surface area contributed by atoms with Crippen molar-refractivity contribution in [2.75, 3.05) is 0 Å². The number of aromatic amines is 1. The van der Waals surface area contributed by atoms with Gasteiger partial charge in [-0.15, -0.1) is 0 Å². The number of H-pyrrole nitrogens is 1. The first-order valence-electron chi connectivity index (χ1n) is 8.71. The number of halogens is 1. The highest BCUT2D eigenvalue weighted by atomic mass is 19.1. The monoisotopic (exact) mass is 315 g/mol. The van der Waals surface area contributed by atoms with Crippen LogP contribution in [0.2, 0.25) is 0 Å². The average Bonchev–Trinajstić information content (AvgIpc) is 3.03. The van der Waals surface area contributed by atoms with Gasteiger partial charge in [0.05, 0.1) is 11.7 Å². The molecule has 1 aromatic heterocycles. The molecule has 1 atom stereocenters. The molecule has 0 bridgehead atoms. The maximum absolute atomic E-state index is 13.1. The molecule has 1 aliphatic carbocycles. The zero-order valence-corrected chi connectivity index (χ0v) is 14.0. The van der Waals surface area contributed by atoms with Gasteiger partial charge in [-0.25, -0.2) is 9.37 Å². The second kappa shape index (κ2) is 7.26. The minimum Gasteiger partial charge on any atom is -0.347 e. The predicted octanol–water partition coefficient (Wildman–Crippen LogP) is 4.84. The van der Waals surface area contributed by atoms with E-state index in [4.69, 9.17) is 4.98 Å². The molecule has 1 aliphatic rings. The zero-order chi connectivity index (χ0) is 16.2. The molecule has 0 amide bonds. The molecule has 2 N–H and O–H groups in total. The van der Waals surface area contributed by atoms with Crippen LogP contribution >= 0.6 is 0 Å². The van der Waals surface area contributed by atoms with Crippen molar-refractivity contribution in [3.8, 4) is 11.3 Å². The fourth-order valence-electron chi connectivity index (χ4n) is 3.37. The Kier molecular flexibility index (Phi) is 5.11. The normalized spacial score (nSPS) is 17.6. The first kappa shape index (κ1) is 16.2. The molecule has 0 radical (unpaired) electrons. The first-order chi connectivity index (χ1) is 11.1. The van der Waals surface area contributed by atoms with E-state index in [1.807, 2.05) is 6.20 Å². The van der Waals surface area contributed by atoms with E-state index in [1.54, 1.807) is 12.1 Å². The van der Waals surface area contributed by atoms with E-state index >= 15 is 0 Å². The molecular weight excluding hydrogens is 289 g/mol. The molecule has 1 saturated carbocycles. The minimum atomic E-state index is -0.219. The van der Waals surface area contributed by atoms with Crippen LogP contribution in [0.5, 0.6) is 0 Å². The van der Waals surface area contributed by atoms with Gasteiger partial charge < -0.3 is 10.3 Å². The van der Waals surface area contributed by atoms with Crippen LogP contribution < -0.4 is 5.32 Å². The van der Waals surface area contributed by atoms with Gasteiger partial charge in [-0.05, 0) is 43.0 Å². The Bertz CT molecular complexity index is 612. The zero-order valence-electron chi connectivity index (χ0n) is 14.0. The number of hydrogen-bond acceptors (Lipinski definition) is 2. The van der Waals surface area contributed by atoms with E-state index in [2.05, 4.69) is 24.1 Å². The molecule has 124 valence electrons. The third kappa shape index (κ3) is 3.99. The van der Waals surface area contributed by atoms with Crippen molar-refractivity contribution in [1.82, 2.24) is 15.3 Å². The standard InChI is InChI=1S/C19H26FN3/c1-13(2)18(22-16-6-4-3-5-7-16)19-21-12-17(23-19)14-8-10-15(20)11-9-14/h8-13,16,18,22H,3-7H2,1-2H3,(H,21,23). The highest BCUT2D eigenvalue weighted by Gasteiger charge is 2.24. The minimum absolute atomic E-state index is 0.219. The Balaban J connectivity index is 1.76. The molecule has 0 spiro atoms. The van der Waals surface area contributed by atoms with Crippen LogP contribution in [0, 0.1) is 11.7 Å². The van der Waals surface area contributed by atoms with Crippen LogP contribution in [-0.4, -0.2) is 16.0 Å². The van der Waals surface area contributed by atoms with Crippen molar-refractivity contribution >= 4 is 0 Å². The van der Waals surface area contributed by atoms with Gasteiger partial charge in [0.15, 0.2) is 0 Å². The number of nitrogens with zero attached hydrogens (tertiary/aromatic N) is 1. The lowest BCUT2D eigenvalue weighted by atomic mass is 9.93. The summed E-state index contributed by atoms with van der Waals surface area (Å²) in [6, 6.07) is 7.32. The molecule has 0 aliphatic heterocycles. The summed E-state index contributed by atoms with van der Waals surface area (Å²) in [4.78, 5) is 8.08. The first-order valence-corrected chi connectivity index (χ1v) is 8.71. The van der Waals surface area contributed by atoms with E-state index in [0.717, 1.165) is 17.1 Å². The smallest absolute Gasteiger partial charge is 0.124 e. The topological polar surface area (TPSA) is 40.7 Å². The number of imidazole rings is 1. The van der Waals surface area contributed by atoms with Gasteiger partial charge in [-0.1, -0.05) is 33.1 Å². The Morgan fingerprint density at radius 1 is 1.13 bits per heavy atom. The highest BCUT2D eigenvalue weighted by Crippen LogP contribution is 2.26. The fourth-order valence-corrected chi connectivity index (χ4v) is 3.37. The van der Waals surface area contributed by atoms with E-state index in [-0.39, 0.29) is 11.9 Å². The lowest BCUT2D eigenvalue weighted by molar-refractivity contribution is 0.294. The van der Waals surface area contributed by atoms with Crippen molar-refractivity contribution in [1.29, 1.82) is 0 Å². The van der Waals surface area contributed by atoms with Crippen molar-refractivity contribution in [2.45, 2.75) is 58.0 Å². The number of nitrogens with one attached hydrogen (secondary N) is 2. The second-order valence-corrected chi connectivity index (χ2v) is 6.90. The van der Waals surface area contributed by atoms with Crippen LogP contribution in [0.25, 0.3) is 11.3 Å². The highest BCUT2D eigenvalue weighted by molar-refractivity contribution is 5.58. The third-order valence-electron chi connectivity index (χ3n) is 4.72. The maximum atomic E-state index is 13.1. The lowest BCUT2D eigenvalue weighted by Crippen LogP contribution is -2.37. The quantitative estimate of drug-likeness (QED) is 0.829. The summed E-state index contributed by atoms with van der Waals surface area (Å²) >= 11 is 0. The van der Waals surface area contributed by atoms with Crippen molar-refractivity contribution in [3.63, 3.8) is 0 Å². The number of hydrogen-bond donors (Lipinski definition) is 2. The summed E-state index contributed by atoms with van der Waals surface area (Å²) in [5, 5.41) is 3.79. The maximum Gasteiger partial charge on any atom is 0.124 e. The molecule has 0 saturated heterocycles. The summed E-state index contributed by atoms with van der Waals surface area (Å²) in [6.07, 6.45) is 8.44. The van der Waals surface area contributed by atoms with Crippen LogP contribution in [0.15, 0.2) is 30.5 Å². The summed E-state index contributed by atoms with van der Waals surface area (Å²) < 4.78 is 13.1. The molecule has 2 aromatic rings. The van der Waals surface area contributed by atoms with E-state index in [9.17, 15) is 4.39 Å². The molecule has 23 heavy (non-hydrogen) atoms. The van der Waals surface area contributed by atoms with Gasteiger partial charge in [0.2, 0.25) is 0 Å². The fraction of sp³-hybridized carbons (Fsp3) is 0.526. The Hall–Kier alpha value is -1.68. The predicted molar refractivity (Wildman–Crippen MR) is 91.6 cm³/mol. The van der Waals surface area contributed by atoms with Crippen LogP contribution in [0.4, 0.5) is 4.39 Å². The van der Waals surface area contributed by atoms with Gasteiger partial charge >= 0.3 is 0 Å². The summed E-state index contributed by atoms with van der Waals surface area (Å²) in [7, 11) is 0. The van der Waals surface area contributed by atoms with Crippen molar-refractivity contribution in [3.05, 3.63) is 42.1 Å². The van der Waals surface area contributed by atoms with Crippen LogP contribution in [0.3, 0.4) is 0 Å². The molecule has 3 rings (SSSR count). The van der Waals surface area contributed by atoms with Gasteiger partial charge in [0.1, 0.15) is 11.6 Å². The van der Waals surface area contributed by atoms with Crippen LogP contribution in [-0.2, 0) is 0 Å². The van der Waals surface area contributed by atoms with Gasteiger partial charge in [0.25, 0.3) is 0 Å². The molecule has 3 nitrogen and oxygen atoms in total. The number of benzene rings is 1. The molecule has 1 heterocycles. The van der Waals surface area contributed by atoms with Crippen LogP contribution in [0.1, 0.15) is 57.8 Å². The summed E-state index contributed by atoms with van der Waals surface area (Å²) in [5.41, 5.74) is 1.81. The van der Waals surface area contributed by atoms with Gasteiger partial charge in [-0.2, -0.15) is 0 Å². The van der Waals surface area contributed by atoms with E-state index in [1.165, 1.54) is 44.2 Å². The lowest BCUT2D eigenvalue weighted by Gasteiger charge is -2.29. The van der Waals surface area contributed by atoms with Crippen molar-refractivity contribution < 1.29 is 4.39 Å². The Morgan fingerprint density at radius 3 is 2.48 bits per heavy atom. The molecular formula is C19H26FN3.